The fraction of sp³-hybridized carbons (Fsp3) is 0.786. The lowest BCUT2D eigenvalue weighted by molar-refractivity contribution is 0.0492. The lowest BCUT2D eigenvalue weighted by Gasteiger charge is -2.39. The Bertz CT molecular complexity index is 514. The molecule has 0 N–H and O–H groups in total. The normalized spacial score (nSPS) is 26.7. The van der Waals surface area contributed by atoms with Crippen LogP contribution in [0.25, 0.3) is 0 Å². The molecular formula is C14H22N4O3. The van der Waals surface area contributed by atoms with Crippen molar-refractivity contribution in [2.24, 2.45) is 5.41 Å². The van der Waals surface area contributed by atoms with Crippen molar-refractivity contribution >= 4 is 5.91 Å². The summed E-state index contributed by atoms with van der Waals surface area (Å²) in [7, 11) is 3.70. The first-order valence-electron chi connectivity index (χ1n) is 7.41. The number of ether oxygens (including phenoxy) is 1. The highest BCUT2D eigenvalue weighted by molar-refractivity contribution is 5.89. The van der Waals surface area contributed by atoms with E-state index in [-0.39, 0.29) is 23.8 Å². The molecule has 7 nitrogen and oxygen atoms in total. The highest BCUT2D eigenvalue weighted by Gasteiger charge is 2.42. The topological polar surface area (TPSA) is 71.7 Å². The SMILES string of the molecule is COCc1nnc(C(=O)N2CCC[C@@]3(CCN(C)C3)C2)o1. The van der Waals surface area contributed by atoms with Crippen molar-refractivity contribution in [3.05, 3.63) is 11.8 Å². The molecule has 0 unspecified atom stereocenters. The average Bonchev–Trinajstić information content (AvgIpc) is 3.06. The Hall–Kier alpha value is -1.47. The van der Waals surface area contributed by atoms with E-state index in [0.29, 0.717) is 5.89 Å². The summed E-state index contributed by atoms with van der Waals surface area (Å²) in [5.41, 5.74) is 0.248. The monoisotopic (exact) mass is 294 g/mol. The number of carbonyl (C=O) groups excluding carboxylic acids is 1. The number of amides is 1. The van der Waals surface area contributed by atoms with E-state index >= 15 is 0 Å². The minimum atomic E-state index is -0.154. The number of nitrogens with zero attached hydrogens (tertiary/aromatic N) is 4. The molecule has 2 fully saturated rings. The van der Waals surface area contributed by atoms with Crippen molar-refractivity contribution < 1.29 is 13.9 Å². The zero-order valence-corrected chi connectivity index (χ0v) is 12.7. The van der Waals surface area contributed by atoms with Gasteiger partial charge in [0.2, 0.25) is 5.89 Å². The predicted molar refractivity (Wildman–Crippen MR) is 74.7 cm³/mol. The van der Waals surface area contributed by atoms with Crippen LogP contribution >= 0.6 is 0 Å². The summed E-state index contributed by atoms with van der Waals surface area (Å²) in [4.78, 5) is 16.7. The lowest BCUT2D eigenvalue weighted by atomic mass is 9.79. The average molecular weight is 294 g/mol. The van der Waals surface area contributed by atoms with E-state index in [9.17, 15) is 4.79 Å². The molecule has 2 saturated heterocycles. The van der Waals surface area contributed by atoms with Crippen molar-refractivity contribution in [1.82, 2.24) is 20.0 Å². The Labute approximate surface area is 124 Å². The molecule has 116 valence electrons. The molecule has 1 amide bonds. The van der Waals surface area contributed by atoms with E-state index in [2.05, 4.69) is 22.1 Å². The van der Waals surface area contributed by atoms with Gasteiger partial charge in [0, 0.05) is 32.2 Å². The van der Waals surface area contributed by atoms with Crippen LogP contribution in [0.2, 0.25) is 0 Å². The van der Waals surface area contributed by atoms with Crippen LogP contribution in [0, 0.1) is 5.41 Å². The first kappa shape index (κ1) is 14.5. The van der Waals surface area contributed by atoms with Crippen molar-refractivity contribution in [1.29, 1.82) is 0 Å². The Kier molecular flexibility index (Phi) is 3.95. The minimum Gasteiger partial charge on any atom is -0.414 e. The van der Waals surface area contributed by atoms with Crippen LogP contribution in [-0.4, -0.2) is 66.2 Å². The molecule has 7 heteroatoms. The summed E-state index contributed by atoms with van der Waals surface area (Å²) in [6.07, 6.45) is 3.39. The maximum absolute atomic E-state index is 12.5. The van der Waals surface area contributed by atoms with Gasteiger partial charge in [-0.2, -0.15) is 0 Å². The molecule has 3 heterocycles. The first-order chi connectivity index (χ1) is 10.1. The molecule has 0 bridgehead atoms. The van der Waals surface area contributed by atoms with Crippen LogP contribution in [0.3, 0.4) is 0 Å². The number of carbonyl (C=O) groups is 1. The van der Waals surface area contributed by atoms with E-state index in [0.717, 1.165) is 39.0 Å². The molecule has 3 rings (SSSR count). The van der Waals surface area contributed by atoms with Gasteiger partial charge in [-0.3, -0.25) is 4.79 Å². The summed E-state index contributed by atoms with van der Waals surface area (Å²) in [6, 6.07) is 0. The molecule has 1 aromatic rings. The molecule has 2 aliphatic rings. The van der Waals surface area contributed by atoms with Gasteiger partial charge in [-0.05, 0) is 32.9 Å². The van der Waals surface area contributed by atoms with E-state index in [1.165, 1.54) is 6.42 Å². The highest BCUT2D eigenvalue weighted by Crippen LogP contribution is 2.38. The van der Waals surface area contributed by atoms with Crippen LogP contribution in [0.15, 0.2) is 4.42 Å². The Morgan fingerprint density at radius 2 is 2.19 bits per heavy atom. The Balaban J connectivity index is 1.69. The number of hydrogen-bond acceptors (Lipinski definition) is 6. The van der Waals surface area contributed by atoms with Crippen LogP contribution in [0.5, 0.6) is 0 Å². The number of aromatic nitrogens is 2. The van der Waals surface area contributed by atoms with Crippen molar-refractivity contribution in [3.63, 3.8) is 0 Å². The quantitative estimate of drug-likeness (QED) is 0.820. The summed E-state index contributed by atoms with van der Waals surface area (Å²) in [5.74, 6) is 0.261. The summed E-state index contributed by atoms with van der Waals surface area (Å²) < 4.78 is 10.3. The number of likely N-dealkylation sites (tertiary alicyclic amines) is 2. The molecule has 2 aliphatic heterocycles. The fourth-order valence-electron chi connectivity index (χ4n) is 3.53. The minimum absolute atomic E-state index is 0.0745. The molecule has 1 atom stereocenters. The molecule has 21 heavy (non-hydrogen) atoms. The molecule has 0 radical (unpaired) electrons. The highest BCUT2D eigenvalue weighted by atomic mass is 16.5. The maximum Gasteiger partial charge on any atom is 0.311 e. The van der Waals surface area contributed by atoms with Crippen molar-refractivity contribution in [2.75, 3.05) is 40.3 Å². The van der Waals surface area contributed by atoms with E-state index in [4.69, 9.17) is 9.15 Å². The second kappa shape index (κ2) is 5.73. The van der Waals surface area contributed by atoms with Gasteiger partial charge in [0.05, 0.1) is 0 Å². The zero-order valence-electron chi connectivity index (χ0n) is 12.7. The summed E-state index contributed by atoms with van der Waals surface area (Å²) >= 11 is 0. The van der Waals surface area contributed by atoms with Gasteiger partial charge >= 0.3 is 11.8 Å². The molecular weight excluding hydrogens is 272 g/mol. The van der Waals surface area contributed by atoms with Crippen molar-refractivity contribution in [2.45, 2.75) is 25.9 Å². The Morgan fingerprint density at radius 1 is 1.33 bits per heavy atom. The smallest absolute Gasteiger partial charge is 0.311 e. The summed E-state index contributed by atoms with van der Waals surface area (Å²) in [6.45, 7) is 3.97. The molecule has 0 saturated carbocycles. The second-order valence-electron chi connectivity index (χ2n) is 6.25. The van der Waals surface area contributed by atoms with E-state index in [1.54, 1.807) is 7.11 Å². The van der Waals surface area contributed by atoms with Crippen LogP contribution in [0.1, 0.15) is 35.8 Å². The predicted octanol–water partition coefficient (Wildman–Crippen LogP) is 0.774. The number of piperidine rings is 1. The zero-order chi connectivity index (χ0) is 14.9. The molecule has 0 aromatic carbocycles. The van der Waals surface area contributed by atoms with Crippen LogP contribution in [-0.2, 0) is 11.3 Å². The second-order valence-corrected chi connectivity index (χ2v) is 6.25. The standard InChI is InChI=1S/C14H22N4O3/c1-17-7-5-14(9-17)4-3-6-18(10-14)13(19)12-16-15-11(21-12)8-20-2/h3-10H2,1-2H3/t14-/m0/s1. The number of hydrogen-bond donors (Lipinski definition) is 0. The van der Waals surface area contributed by atoms with Gasteiger partial charge in [-0.1, -0.05) is 0 Å². The van der Waals surface area contributed by atoms with Gasteiger partial charge < -0.3 is 19.0 Å². The van der Waals surface area contributed by atoms with E-state index < -0.39 is 0 Å². The Morgan fingerprint density at radius 3 is 2.90 bits per heavy atom. The van der Waals surface area contributed by atoms with Gasteiger partial charge in [0.15, 0.2) is 0 Å². The largest absolute Gasteiger partial charge is 0.414 e. The van der Waals surface area contributed by atoms with Gasteiger partial charge in [-0.25, -0.2) is 0 Å². The van der Waals surface area contributed by atoms with Gasteiger partial charge in [-0.15, -0.1) is 10.2 Å². The third-order valence-corrected chi connectivity index (χ3v) is 4.50. The van der Waals surface area contributed by atoms with Crippen molar-refractivity contribution in [3.8, 4) is 0 Å². The van der Waals surface area contributed by atoms with Gasteiger partial charge in [0.25, 0.3) is 0 Å². The van der Waals surface area contributed by atoms with Crippen LogP contribution < -0.4 is 0 Å². The first-order valence-corrected chi connectivity index (χ1v) is 7.41. The molecule has 1 spiro atoms. The molecule has 0 aliphatic carbocycles. The van der Waals surface area contributed by atoms with Crippen LogP contribution in [0.4, 0.5) is 0 Å². The van der Waals surface area contributed by atoms with Gasteiger partial charge in [0.1, 0.15) is 6.61 Å². The molecule has 1 aromatic heterocycles. The fourth-order valence-corrected chi connectivity index (χ4v) is 3.53. The number of rotatable bonds is 3. The lowest BCUT2D eigenvalue weighted by Crippen LogP contribution is -2.47. The maximum atomic E-state index is 12.5. The number of methoxy groups -OCH3 is 1. The summed E-state index contributed by atoms with van der Waals surface area (Å²) in [5, 5.41) is 7.67. The third-order valence-electron chi connectivity index (χ3n) is 4.50. The van der Waals surface area contributed by atoms with E-state index in [1.807, 2.05) is 4.90 Å². The third kappa shape index (κ3) is 2.94.